The van der Waals surface area contributed by atoms with Crippen LogP contribution in [0.2, 0.25) is 0 Å². The molecule has 0 aromatic rings. The molecular weight excluding hydrogens is 202 g/mol. The molecule has 2 atom stereocenters. The average molecular weight is 227 g/mol. The van der Waals surface area contributed by atoms with Crippen molar-refractivity contribution < 1.29 is 4.79 Å². The molecule has 1 aliphatic heterocycles. The van der Waals surface area contributed by atoms with Crippen LogP contribution in [-0.4, -0.2) is 44.2 Å². The number of carbonyl (C=O) groups excluding carboxylic acids is 1. The van der Waals surface area contributed by atoms with E-state index in [2.05, 4.69) is 24.5 Å². The first-order chi connectivity index (χ1) is 7.63. The van der Waals surface area contributed by atoms with E-state index in [0.717, 1.165) is 32.6 Å². The maximum absolute atomic E-state index is 11.8. The van der Waals surface area contributed by atoms with E-state index in [-0.39, 0.29) is 6.03 Å². The van der Waals surface area contributed by atoms with Gasteiger partial charge in [-0.1, -0.05) is 13.8 Å². The van der Waals surface area contributed by atoms with E-state index in [1.807, 2.05) is 11.9 Å². The van der Waals surface area contributed by atoms with Gasteiger partial charge in [0.05, 0.1) is 0 Å². The molecule has 2 unspecified atom stereocenters. The Labute approximate surface area is 98.8 Å². The van der Waals surface area contributed by atoms with Gasteiger partial charge >= 0.3 is 6.03 Å². The van der Waals surface area contributed by atoms with Crippen molar-refractivity contribution in [3.63, 3.8) is 0 Å². The molecule has 0 saturated carbocycles. The van der Waals surface area contributed by atoms with Gasteiger partial charge in [0.15, 0.2) is 0 Å². The highest BCUT2D eigenvalue weighted by Gasteiger charge is 2.20. The van der Waals surface area contributed by atoms with Gasteiger partial charge in [0.2, 0.25) is 0 Å². The molecule has 0 bridgehead atoms. The van der Waals surface area contributed by atoms with Crippen LogP contribution < -0.4 is 10.6 Å². The number of hydrogen-bond donors (Lipinski definition) is 2. The Morgan fingerprint density at radius 3 is 2.88 bits per heavy atom. The first-order valence-corrected chi connectivity index (χ1v) is 6.30. The molecule has 16 heavy (non-hydrogen) atoms. The van der Waals surface area contributed by atoms with E-state index in [1.165, 1.54) is 6.42 Å². The molecular formula is C12H25N3O. The van der Waals surface area contributed by atoms with Crippen molar-refractivity contribution in [2.75, 3.05) is 33.2 Å². The first-order valence-electron chi connectivity index (χ1n) is 6.30. The minimum absolute atomic E-state index is 0.106. The highest BCUT2D eigenvalue weighted by Crippen LogP contribution is 2.15. The van der Waals surface area contributed by atoms with E-state index in [0.29, 0.717) is 11.8 Å². The summed E-state index contributed by atoms with van der Waals surface area (Å²) in [6.45, 7) is 7.86. The lowest BCUT2D eigenvalue weighted by Gasteiger charge is -2.31. The zero-order chi connectivity index (χ0) is 12.0. The van der Waals surface area contributed by atoms with Gasteiger partial charge < -0.3 is 15.5 Å². The van der Waals surface area contributed by atoms with Crippen LogP contribution in [0.3, 0.4) is 0 Å². The Morgan fingerprint density at radius 2 is 2.25 bits per heavy atom. The Hall–Kier alpha value is -0.770. The lowest BCUT2D eigenvalue weighted by atomic mass is 10.0. The van der Waals surface area contributed by atoms with Crippen molar-refractivity contribution in [1.29, 1.82) is 0 Å². The standard InChI is InChI=1S/C12H25N3O/c1-10-5-4-6-15(9-10)12(16)14-8-11(2)7-13-3/h10-11,13H,4-9H2,1-3H3,(H,14,16). The Balaban J connectivity index is 2.23. The van der Waals surface area contributed by atoms with E-state index in [1.54, 1.807) is 0 Å². The summed E-state index contributed by atoms with van der Waals surface area (Å²) in [7, 11) is 1.94. The van der Waals surface area contributed by atoms with Crippen molar-refractivity contribution in [2.45, 2.75) is 26.7 Å². The van der Waals surface area contributed by atoms with Crippen LogP contribution in [-0.2, 0) is 0 Å². The predicted octanol–water partition coefficient (Wildman–Crippen LogP) is 1.28. The summed E-state index contributed by atoms with van der Waals surface area (Å²) in [5.41, 5.74) is 0. The number of piperidine rings is 1. The van der Waals surface area contributed by atoms with Crippen molar-refractivity contribution in [3.05, 3.63) is 0 Å². The fourth-order valence-electron chi connectivity index (χ4n) is 2.17. The molecule has 1 saturated heterocycles. The van der Waals surface area contributed by atoms with E-state index >= 15 is 0 Å². The van der Waals surface area contributed by atoms with Crippen LogP contribution in [0.4, 0.5) is 4.79 Å². The molecule has 94 valence electrons. The summed E-state index contributed by atoms with van der Waals surface area (Å²) in [6, 6.07) is 0.106. The fraction of sp³-hybridized carbons (Fsp3) is 0.917. The predicted molar refractivity (Wildman–Crippen MR) is 66.5 cm³/mol. The monoisotopic (exact) mass is 227 g/mol. The minimum atomic E-state index is 0.106. The van der Waals surface area contributed by atoms with Gasteiger partial charge in [0, 0.05) is 19.6 Å². The third kappa shape index (κ3) is 4.39. The number of nitrogens with one attached hydrogen (secondary N) is 2. The summed E-state index contributed by atoms with van der Waals surface area (Å²) in [5.74, 6) is 1.13. The zero-order valence-electron chi connectivity index (χ0n) is 10.8. The van der Waals surface area contributed by atoms with E-state index in [9.17, 15) is 4.79 Å². The molecule has 4 nitrogen and oxygen atoms in total. The maximum Gasteiger partial charge on any atom is 0.317 e. The fourth-order valence-corrected chi connectivity index (χ4v) is 2.17. The highest BCUT2D eigenvalue weighted by molar-refractivity contribution is 5.74. The molecule has 1 heterocycles. The number of carbonyl (C=O) groups is 1. The largest absolute Gasteiger partial charge is 0.338 e. The quantitative estimate of drug-likeness (QED) is 0.760. The zero-order valence-corrected chi connectivity index (χ0v) is 10.8. The van der Waals surface area contributed by atoms with E-state index < -0.39 is 0 Å². The number of amides is 2. The van der Waals surface area contributed by atoms with Gasteiger partial charge in [-0.25, -0.2) is 4.79 Å². The first kappa shape index (κ1) is 13.3. The topological polar surface area (TPSA) is 44.4 Å². The molecule has 0 aliphatic carbocycles. The van der Waals surface area contributed by atoms with Crippen molar-refractivity contribution in [1.82, 2.24) is 15.5 Å². The number of urea groups is 1. The van der Waals surface area contributed by atoms with Crippen LogP contribution >= 0.6 is 0 Å². The number of rotatable bonds is 4. The normalized spacial score (nSPS) is 22.9. The van der Waals surface area contributed by atoms with Gasteiger partial charge in [-0.2, -0.15) is 0 Å². The summed E-state index contributed by atoms with van der Waals surface area (Å²) < 4.78 is 0. The second-order valence-electron chi connectivity index (χ2n) is 5.04. The van der Waals surface area contributed by atoms with Gasteiger partial charge in [-0.3, -0.25) is 0 Å². The lowest BCUT2D eigenvalue weighted by molar-refractivity contribution is 0.168. The molecule has 0 aromatic carbocycles. The van der Waals surface area contributed by atoms with Gasteiger partial charge in [0.25, 0.3) is 0 Å². The van der Waals surface area contributed by atoms with Gasteiger partial charge in [-0.05, 0) is 38.3 Å². The minimum Gasteiger partial charge on any atom is -0.338 e. The van der Waals surface area contributed by atoms with Gasteiger partial charge in [0.1, 0.15) is 0 Å². The molecule has 1 aliphatic rings. The Kier molecular flexibility index (Phi) is 5.60. The molecule has 0 aromatic heterocycles. The molecule has 1 fully saturated rings. The average Bonchev–Trinajstić information content (AvgIpc) is 2.26. The number of hydrogen-bond acceptors (Lipinski definition) is 2. The Morgan fingerprint density at radius 1 is 1.50 bits per heavy atom. The molecule has 0 radical (unpaired) electrons. The molecule has 4 heteroatoms. The third-order valence-corrected chi connectivity index (χ3v) is 3.10. The number of nitrogens with zero attached hydrogens (tertiary/aromatic N) is 1. The smallest absolute Gasteiger partial charge is 0.317 e. The molecule has 2 amide bonds. The molecule has 0 spiro atoms. The van der Waals surface area contributed by atoms with Crippen LogP contribution in [0.5, 0.6) is 0 Å². The Bertz CT molecular complexity index is 220. The van der Waals surface area contributed by atoms with Crippen molar-refractivity contribution in [3.8, 4) is 0 Å². The van der Waals surface area contributed by atoms with Gasteiger partial charge in [-0.15, -0.1) is 0 Å². The second kappa shape index (κ2) is 6.74. The summed E-state index contributed by atoms with van der Waals surface area (Å²) >= 11 is 0. The molecule has 1 rings (SSSR count). The highest BCUT2D eigenvalue weighted by atomic mass is 16.2. The number of likely N-dealkylation sites (tertiary alicyclic amines) is 1. The van der Waals surface area contributed by atoms with Crippen molar-refractivity contribution >= 4 is 6.03 Å². The lowest BCUT2D eigenvalue weighted by Crippen LogP contribution is -2.46. The van der Waals surface area contributed by atoms with Crippen molar-refractivity contribution in [2.24, 2.45) is 11.8 Å². The summed E-state index contributed by atoms with van der Waals surface area (Å²) in [6.07, 6.45) is 2.39. The summed E-state index contributed by atoms with van der Waals surface area (Å²) in [4.78, 5) is 13.8. The van der Waals surface area contributed by atoms with Crippen LogP contribution in [0.15, 0.2) is 0 Å². The third-order valence-electron chi connectivity index (χ3n) is 3.10. The van der Waals surface area contributed by atoms with Crippen LogP contribution in [0, 0.1) is 11.8 Å². The van der Waals surface area contributed by atoms with E-state index in [4.69, 9.17) is 0 Å². The SMILES string of the molecule is CNCC(C)CNC(=O)N1CCCC(C)C1. The maximum atomic E-state index is 11.8. The molecule has 2 N–H and O–H groups in total. The second-order valence-corrected chi connectivity index (χ2v) is 5.04. The van der Waals surface area contributed by atoms with Crippen LogP contribution in [0.1, 0.15) is 26.7 Å². The van der Waals surface area contributed by atoms with Crippen LogP contribution in [0.25, 0.3) is 0 Å². The summed E-state index contributed by atoms with van der Waals surface area (Å²) in [5, 5.41) is 6.12.